The number of hydrogen-bond acceptors (Lipinski definition) is 3. The number of benzene rings is 1. The minimum Gasteiger partial charge on any atom is -0.398 e. The molecule has 1 aromatic carbocycles. The van der Waals surface area contributed by atoms with Gasteiger partial charge in [0.1, 0.15) is 5.03 Å². The van der Waals surface area contributed by atoms with Crippen LogP contribution in [0.5, 0.6) is 0 Å². The van der Waals surface area contributed by atoms with Crippen molar-refractivity contribution in [2.45, 2.75) is 10.8 Å². The number of anilines is 1. The lowest BCUT2D eigenvalue weighted by atomic mass is 10.2. The van der Waals surface area contributed by atoms with E-state index in [9.17, 15) is 0 Å². The normalized spacial score (nSPS) is 10.3. The van der Waals surface area contributed by atoms with Gasteiger partial charge in [-0.15, -0.1) is 11.8 Å². The highest BCUT2D eigenvalue weighted by atomic mass is 35.5. The third-order valence-corrected chi connectivity index (χ3v) is 3.62. The minimum absolute atomic E-state index is 0.682. The van der Waals surface area contributed by atoms with Crippen molar-refractivity contribution in [3.8, 4) is 0 Å². The summed E-state index contributed by atoms with van der Waals surface area (Å²) in [5, 5.41) is 1.52. The van der Waals surface area contributed by atoms with Crippen molar-refractivity contribution >= 4 is 29.1 Å². The summed E-state index contributed by atoms with van der Waals surface area (Å²) in [6, 6.07) is 11.5. The van der Waals surface area contributed by atoms with Crippen LogP contribution in [0.2, 0.25) is 5.02 Å². The smallest absolute Gasteiger partial charge is 0.115 e. The Morgan fingerprint density at radius 1 is 1.19 bits per heavy atom. The second-order valence-electron chi connectivity index (χ2n) is 3.28. The van der Waals surface area contributed by atoms with E-state index in [4.69, 9.17) is 17.3 Å². The van der Waals surface area contributed by atoms with E-state index in [0.29, 0.717) is 5.02 Å². The van der Waals surface area contributed by atoms with Gasteiger partial charge < -0.3 is 5.73 Å². The molecular weight excluding hydrogens is 240 g/mol. The predicted octanol–water partition coefficient (Wildman–Crippen LogP) is 3.61. The second kappa shape index (κ2) is 5.23. The molecule has 16 heavy (non-hydrogen) atoms. The van der Waals surface area contributed by atoms with Gasteiger partial charge in [-0.1, -0.05) is 29.8 Å². The average molecular weight is 251 g/mol. The molecule has 82 valence electrons. The predicted molar refractivity (Wildman–Crippen MR) is 69.7 cm³/mol. The fourth-order valence-corrected chi connectivity index (χ4v) is 2.47. The van der Waals surface area contributed by atoms with Gasteiger partial charge in [0.2, 0.25) is 0 Å². The van der Waals surface area contributed by atoms with Gasteiger partial charge in [-0.05, 0) is 23.8 Å². The lowest BCUT2D eigenvalue weighted by Crippen LogP contribution is -1.92. The van der Waals surface area contributed by atoms with Crippen LogP contribution in [0.25, 0.3) is 0 Å². The number of para-hydroxylation sites is 1. The molecule has 0 saturated heterocycles. The third kappa shape index (κ3) is 2.68. The van der Waals surface area contributed by atoms with E-state index < -0.39 is 0 Å². The highest BCUT2D eigenvalue weighted by molar-refractivity contribution is 7.98. The zero-order valence-electron chi connectivity index (χ0n) is 8.56. The lowest BCUT2D eigenvalue weighted by Gasteiger charge is -2.05. The standard InChI is InChI=1S/C12H11ClN2S/c13-10-5-3-7-15-12(10)16-8-9-4-1-2-6-11(9)14/h1-7H,8,14H2. The molecule has 4 heteroatoms. The zero-order valence-corrected chi connectivity index (χ0v) is 10.1. The molecule has 0 radical (unpaired) electrons. The minimum atomic E-state index is 0.682. The van der Waals surface area contributed by atoms with Crippen molar-refractivity contribution in [3.05, 3.63) is 53.2 Å². The first kappa shape index (κ1) is 11.3. The fraction of sp³-hybridized carbons (Fsp3) is 0.0833. The van der Waals surface area contributed by atoms with Crippen molar-refractivity contribution in [1.82, 2.24) is 4.98 Å². The van der Waals surface area contributed by atoms with Crippen LogP contribution in [0.4, 0.5) is 5.69 Å². The quantitative estimate of drug-likeness (QED) is 0.668. The molecule has 0 aliphatic carbocycles. The van der Waals surface area contributed by atoms with Crippen LogP contribution in [0, 0.1) is 0 Å². The van der Waals surface area contributed by atoms with Crippen molar-refractivity contribution < 1.29 is 0 Å². The molecule has 2 N–H and O–H groups in total. The molecule has 0 fully saturated rings. The van der Waals surface area contributed by atoms with E-state index in [1.165, 1.54) is 0 Å². The van der Waals surface area contributed by atoms with Crippen LogP contribution in [0.1, 0.15) is 5.56 Å². The Labute approximate surface area is 104 Å². The SMILES string of the molecule is Nc1ccccc1CSc1ncccc1Cl. The molecule has 0 aliphatic rings. The Hall–Kier alpha value is -1.19. The molecule has 1 aromatic heterocycles. The summed E-state index contributed by atoms with van der Waals surface area (Å²) >= 11 is 7.61. The van der Waals surface area contributed by atoms with Gasteiger partial charge in [0.15, 0.2) is 0 Å². The van der Waals surface area contributed by atoms with Gasteiger partial charge in [0.25, 0.3) is 0 Å². The Bertz CT molecular complexity index is 442. The van der Waals surface area contributed by atoms with Gasteiger partial charge >= 0.3 is 0 Å². The number of rotatable bonds is 3. The number of halogens is 1. The molecule has 1 heterocycles. The number of aromatic nitrogens is 1. The molecule has 0 saturated carbocycles. The van der Waals surface area contributed by atoms with E-state index in [1.54, 1.807) is 18.0 Å². The summed E-state index contributed by atoms with van der Waals surface area (Å²) in [6.45, 7) is 0. The molecule has 2 nitrogen and oxygen atoms in total. The topological polar surface area (TPSA) is 38.9 Å². The van der Waals surface area contributed by atoms with Crippen LogP contribution in [-0.4, -0.2) is 4.98 Å². The van der Waals surface area contributed by atoms with E-state index in [1.807, 2.05) is 36.4 Å². The van der Waals surface area contributed by atoms with Crippen LogP contribution in [0.3, 0.4) is 0 Å². The Kier molecular flexibility index (Phi) is 3.70. The summed E-state index contributed by atoms with van der Waals surface area (Å²) in [7, 11) is 0. The molecule has 0 aliphatic heterocycles. The highest BCUT2D eigenvalue weighted by Gasteiger charge is 2.03. The van der Waals surface area contributed by atoms with Crippen LogP contribution >= 0.6 is 23.4 Å². The monoisotopic (exact) mass is 250 g/mol. The summed E-state index contributed by atoms with van der Waals surface area (Å²) in [5.41, 5.74) is 7.77. The maximum atomic E-state index is 6.02. The summed E-state index contributed by atoms with van der Waals surface area (Å²) in [4.78, 5) is 4.21. The van der Waals surface area contributed by atoms with Crippen molar-refractivity contribution in [2.24, 2.45) is 0 Å². The summed E-state index contributed by atoms with van der Waals surface area (Å²) in [5.74, 6) is 0.781. The molecule has 2 rings (SSSR count). The summed E-state index contributed by atoms with van der Waals surface area (Å²) in [6.07, 6.45) is 1.74. The average Bonchev–Trinajstić information content (AvgIpc) is 2.30. The number of hydrogen-bond donors (Lipinski definition) is 1. The van der Waals surface area contributed by atoms with Crippen LogP contribution < -0.4 is 5.73 Å². The number of nitrogen functional groups attached to an aromatic ring is 1. The first-order valence-electron chi connectivity index (χ1n) is 4.84. The number of thioether (sulfide) groups is 1. The largest absolute Gasteiger partial charge is 0.398 e. The highest BCUT2D eigenvalue weighted by Crippen LogP contribution is 2.28. The van der Waals surface area contributed by atoms with E-state index in [-0.39, 0.29) is 0 Å². The second-order valence-corrected chi connectivity index (χ2v) is 4.65. The number of nitrogens with two attached hydrogens (primary N) is 1. The van der Waals surface area contributed by atoms with Crippen molar-refractivity contribution in [2.75, 3.05) is 5.73 Å². The Morgan fingerprint density at radius 2 is 2.00 bits per heavy atom. The first-order valence-corrected chi connectivity index (χ1v) is 6.20. The Morgan fingerprint density at radius 3 is 2.75 bits per heavy atom. The molecule has 0 atom stereocenters. The van der Waals surface area contributed by atoms with E-state index in [0.717, 1.165) is 22.0 Å². The van der Waals surface area contributed by atoms with E-state index in [2.05, 4.69) is 4.98 Å². The molecule has 0 spiro atoms. The van der Waals surface area contributed by atoms with Crippen molar-refractivity contribution in [1.29, 1.82) is 0 Å². The molecule has 2 aromatic rings. The van der Waals surface area contributed by atoms with Gasteiger partial charge in [0.05, 0.1) is 5.02 Å². The van der Waals surface area contributed by atoms with Crippen molar-refractivity contribution in [3.63, 3.8) is 0 Å². The molecular formula is C12H11ClN2S. The maximum Gasteiger partial charge on any atom is 0.115 e. The third-order valence-electron chi connectivity index (χ3n) is 2.14. The fourth-order valence-electron chi connectivity index (χ4n) is 1.29. The molecule has 0 bridgehead atoms. The number of pyridine rings is 1. The van der Waals surface area contributed by atoms with Gasteiger partial charge in [-0.2, -0.15) is 0 Å². The van der Waals surface area contributed by atoms with Crippen LogP contribution in [0.15, 0.2) is 47.6 Å². The van der Waals surface area contributed by atoms with E-state index >= 15 is 0 Å². The molecule has 0 amide bonds. The first-order chi connectivity index (χ1) is 7.77. The molecule has 0 unspecified atom stereocenters. The zero-order chi connectivity index (χ0) is 11.4. The lowest BCUT2D eigenvalue weighted by molar-refractivity contribution is 1.13. The number of nitrogens with zero attached hydrogens (tertiary/aromatic N) is 1. The maximum absolute atomic E-state index is 6.02. The summed E-state index contributed by atoms with van der Waals surface area (Å²) < 4.78 is 0. The Balaban J connectivity index is 2.09. The van der Waals surface area contributed by atoms with Crippen LogP contribution in [-0.2, 0) is 5.75 Å². The van der Waals surface area contributed by atoms with Gasteiger partial charge in [-0.3, -0.25) is 0 Å². The van der Waals surface area contributed by atoms with Gasteiger partial charge in [0, 0.05) is 17.6 Å². The van der Waals surface area contributed by atoms with Gasteiger partial charge in [-0.25, -0.2) is 4.98 Å².